The highest BCUT2D eigenvalue weighted by atomic mass is 16.3. The number of furan rings is 1. The summed E-state index contributed by atoms with van der Waals surface area (Å²) in [7, 11) is 0. The lowest BCUT2D eigenvalue weighted by Gasteiger charge is -2.21. The van der Waals surface area contributed by atoms with Crippen molar-refractivity contribution in [1.29, 1.82) is 0 Å². The molecule has 0 aliphatic heterocycles. The first-order valence-corrected chi connectivity index (χ1v) is 10.4. The Morgan fingerprint density at radius 3 is 2.42 bits per heavy atom. The van der Waals surface area contributed by atoms with Crippen LogP contribution in [-0.2, 0) is 4.79 Å². The minimum Gasteiger partial charge on any atom is -0.465 e. The minimum absolute atomic E-state index is 0.131. The zero-order valence-electron chi connectivity index (χ0n) is 18.4. The quantitative estimate of drug-likeness (QED) is 0.517. The first-order chi connectivity index (χ1) is 14.9. The third kappa shape index (κ3) is 5.51. The molecule has 0 radical (unpaired) electrons. The lowest BCUT2D eigenvalue weighted by molar-refractivity contribution is -0.118. The maximum atomic E-state index is 13.2. The van der Waals surface area contributed by atoms with Gasteiger partial charge >= 0.3 is 0 Å². The molecule has 0 saturated heterocycles. The molecule has 0 spiro atoms. The van der Waals surface area contributed by atoms with Crippen LogP contribution in [0.5, 0.6) is 0 Å². The maximum Gasteiger partial charge on any atom is 0.268 e. The molecule has 0 unspecified atom stereocenters. The Morgan fingerprint density at radius 1 is 1.00 bits per heavy atom. The molecule has 0 aliphatic rings. The van der Waals surface area contributed by atoms with Crippen LogP contribution in [0.1, 0.15) is 57.8 Å². The third-order valence-electron chi connectivity index (χ3n) is 5.23. The molecule has 0 saturated carbocycles. The SMILES string of the molecule is CC[C@H](NC(=O)/C(=C/c1ccco1)NC(=O)c1ccccc1C)c1ccc(C)cc1C. The summed E-state index contributed by atoms with van der Waals surface area (Å²) in [5, 5.41) is 5.83. The second-order valence-corrected chi connectivity index (χ2v) is 7.64. The molecule has 0 fully saturated rings. The van der Waals surface area contributed by atoms with Gasteiger partial charge in [0.1, 0.15) is 11.5 Å². The van der Waals surface area contributed by atoms with Gasteiger partial charge in [-0.05, 0) is 62.1 Å². The molecule has 0 bridgehead atoms. The average molecular weight is 417 g/mol. The van der Waals surface area contributed by atoms with Crippen LogP contribution in [-0.4, -0.2) is 11.8 Å². The van der Waals surface area contributed by atoms with Gasteiger partial charge in [-0.2, -0.15) is 0 Å². The molecule has 1 aromatic heterocycles. The van der Waals surface area contributed by atoms with Crippen LogP contribution >= 0.6 is 0 Å². The maximum absolute atomic E-state index is 13.2. The number of amides is 2. The summed E-state index contributed by atoms with van der Waals surface area (Å²) in [6, 6.07) is 16.7. The molecule has 2 amide bonds. The lowest BCUT2D eigenvalue weighted by Crippen LogP contribution is -2.37. The average Bonchev–Trinajstić information content (AvgIpc) is 3.25. The van der Waals surface area contributed by atoms with Gasteiger partial charge in [0, 0.05) is 11.6 Å². The summed E-state index contributed by atoms with van der Waals surface area (Å²) in [4.78, 5) is 26.1. The number of aryl methyl sites for hydroxylation is 3. The number of rotatable bonds is 7. The fourth-order valence-corrected chi connectivity index (χ4v) is 3.54. The normalized spacial score (nSPS) is 12.3. The fourth-order valence-electron chi connectivity index (χ4n) is 3.54. The van der Waals surface area contributed by atoms with E-state index in [1.165, 1.54) is 11.8 Å². The van der Waals surface area contributed by atoms with E-state index >= 15 is 0 Å². The zero-order valence-corrected chi connectivity index (χ0v) is 18.4. The van der Waals surface area contributed by atoms with E-state index in [0.717, 1.165) is 23.1 Å². The van der Waals surface area contributed by atoms with E-state index in [4.69, 9.17) is 4.42 Å². The molecule has 31 heavy (non-hydrogen) atoms. The Hall–Kier alpha value is -3.60. The highest BCUT2D eigenvalue weighted by molar-refractivity contribution is 6.05. The number of hydrogen-bond acceptors (Lipinski definition) is 3. The van der Waals surface area contributed by atoms with Crippen molar-refractivity contribution in [2.45, 2.75) is 40.2 Å². The van der Waals surface area contributed by atoms with Crippen molar-refractivity contribution in [1.82, 2.24) is 10.6 Å². The van der Waals surface area contributed by atoms with Gasteiger partial charge in [0.15, 0.2) is 0 Å². The van der Waals surface area contributed by atoms with E-state index in [2.05, 4.69) is 16.7 Å². The van der Waals surface area contributed by atoms with E-state index in [0.29, 0.717) is 11.3 Å². The summed E-state index contributed by atoms with van der Waals surface area (Å²) < 4.78 is 5.37. The van der Waals surface area contributed by atoms with E-state index in [-0.39, 0.29) is 23.6 Å². The predicted octanol–water partition coefficient (Wildman–Crippen LogP) is 5.24. The Kier molecular flexibility index (Phi) is 7.08. The molecular weight excluding hydrogens is 388 g/mol. The molecule has 1 heterocycles. The van der Waals surface area contributed by atoms with Crippen LogP contribution in [0, 0.1) is 20.8 Å². The Labute approximate surface area is 183 Å². The van der Waals surface area contributed by atoms with Gasteiger partial charge in [0.05, 0.1) is 12.3 Å². The van der Waals surface area contributed by atoms with Gasteiger partial charge in [-0.3, -0.25) is 9.59 Å². The number of nitrogens with one attached hydrogen (secondary N) is 2. The molecule has 2 aromatic carbocycles. The second-order valence-electron chi connectivity index (χ2n) is 7.64. The summed E-state index contributed by atoms with van der Waals surface area (Å²) in [5.74, 6) is -0.231. The molecule has 5 nitrogen and oxygen atoms in total. The predicted molar refractivity (Wildman–Crippen MR) is 122 cm³/mol. The monoisotopic (exact) mass is 416 g/mol. The van der Waals surface area contributed by atoms with E-state index in [1.807, 2.05) is 52.0 Å². The van der Waals surface area contributed by atoms with Gasteiger partial charge in [-0.15, -0.1) is 0 Å². The molecule has 1 atom stereocenters. The molecule has 3 rings (SSSR count). The number of carbonyl (C=O) groups is 2. The first kappa shape index (κ1) is 22.1. The fraction of sp³-hybridized carbons (Fsp3) is 0.231. The van der Waals surface area contributed by atoms with Gasteiger partial charge < -0.3 is 15.1 Å². The van der Waals surface area contributed by atoms with E-state index in [9.17, 15) is 9.59 Å². The van der Waals surface area contributed by atoms with Crippen LogP contribution < -0.4 is 10.6 Å². The van der Waals surface area contributed by atoms with Crippen molar-refractivity contribution in [3.05, 3.63) is 100 Å². The highest BCUT2D eigenvalue weighted by Crippen LogP contribution is 2.22. The van der Waals surface area contributed by atoms with Crippen LogP contribution in [0.15, 0.2) is 71.0 Å². The molecule has 0 aliphatic carbocycles. The molecule has 2 N–H and O–H groups in total. The summed E-state index contributed by atoms with van der Waals surface area (Å²) in [6.45, 7) is 7.96. The van der Waals surface area contributed by atoms with Crippen molar-refractivity contribution >= 4 is 17.9 Å². The smallest absolute Gasteiger partial charge is 0.268 e. The van der Waals surface area contributed by atoms with E-state index in [1.54, 1.807) is 30.3 Å². The van der Waals surface area contributed by atoms with Gasteiger partial charge in [0.25, 0.3) is 11.8 Å². The lowest BCUT2D eigenvalue weighted by atomic mass is 9.97. The van der Waals surface area contributed by atoms with Gasteiger partial charge in [0.2, 0.25) is 0 Å². The topological polar surface area (TPSA) is 71.3 Å². The molecular formula is C26H28N2O3. The van der Waals surface area contributed by atoms with Crippen molar-refractivity contribution in [2.75, 3.05) is 0 Å². The van der Waals surface area contributed by atoms with Gasteiger partial charge in [-0.25, -0.2) is 0 Å². The van der Waals surface area contributed by atoms with Crippen LogP contribution in [0.4, 0.5) is 0 Å². The first-order valence-electron chi connectivity index (χ1n) is 10.4. The minimum atomic E-state index is -0.370. The van der Waals surface area contributed by atoms with Crippen molar-refractivity contribution < 1.29 is 14.0 Å². The van der Waals surface area contributed by atoms with Crippen molar-refractivity contribution in [3.8, 4) is 0 Å². The van der Waals surface area contributed by atoms with Crippen molar-refractivity contribution in [3.63, 3.8) is 0 Å². The summed E-state index contributed by atoms with van der Waals surface area (Å²) in [5.41, 5.74) is 4.83. The zero-order chi connectivity index (χ0) is 22.4. The number of benzene rings is 2. The largest absolute Gasteiger partial charge is 0.465 e. The van der Waals surface area contributed by atoms with Crippen LogP contribution in [0.3, 0.4) is 0 Å². The highest BCUT2D eigenvalue weighted by Gasteiger charge is 2.20. The standard InChI is InChI=1S/C26H28N2O3/c1-5-23(21-13-12-17(2)15-19(21)4)27-26(30)24(16-20-10-8-14-31-20)28-25(29)22-11-7-6-9-18(22)3/h6-16,23H,5H2,1-4H3,(H,27,30)(H,28,29)/b24-16-/t23-/m0/s1. The number of hydrogen-bond donors (Lipinski definition) is 2. The Morgan fingerprint density at radius 2 is 1.77 bits per heavy atom. The molecule has 5 heteroatoms. The summed E-state index contributed by atoms with van der Waals surface area (Å²) in [6.07, 6.45) is 3.78. The Bertz CT molecular complexity index is 1100. The number of carbonyl (C=O) groups excluding carboxylic acids is 2. The van der Waals surface area contributed by atoms with E-state index < -0.39 is 0 Å². The molecule has 160 valence electrons. The third-order valence-corrected chi connectivity index (χ3v) is 5.23. The van der Waals surface area contributed by atoms with Gasteiger partial charge in [-0.1, -0.05) is 48.9 Å². The second kappa shape index (κ2) is 9.94. The Balaban J connectivity index is 1.87. The summed E-state index contributed by atoms with van der Waals surface area (Å²) >= 11 is 0. The van der Waals surface area contributed by atoms with Crippen molar-refractivity contribution in [2.24, 2.45) is 0 Å². The molecule has 3 aromatic rings. The van der Waals surface area contributed by atoms with Crippen LogP contribution in [0.2, 0.25) is 0 Å². The van der Waals surface area contributed by atoms with Crippen LogP contribution in [0.25, 0.3) is 6.08 Å².